The third-order valence-corrected chi connectivity index (χ3v) is 5.09. The lowest BCUT2D eigenvalue weighted by Crippen LogP contribution is -2.46. The van der Waals surface area contributed by atoms with E-state index in [0.29, 0.717) is 11.6 Å². The lowest BCUT2D eigenvalue weighted by atomic mass is 9.99. The van der Waals surface area contributed by atoms with Gasteiger partial charge in [-0.2, -0.15) is 0 Å². The quantitative estimate of drug-likeness (QED) is 0.875. The average Bonchev–Trinajstić information content (AvgIpc) is 2.67. The monoisotopic (exact) mass is 354 g/mol. The van der Waals surface area contributed by atoms with E-state index in [-0.39, 0.29) is 11.9 Å². The Morgan fingerprint density at radius 2 is 1.88 bits per heavy atom. The van der Waals surface area contributed by atoms with Crippen molar-refractivity contribution in [2.45, 2.75) is 25.9 Å². The second-order valence-corrected chi connectivity index (χ2v) is 6.73. The summed E-state index contributed by atoms with van der Waals surface area (Å²) in [5.41, 5.74) is 3.58. The molecule has 1 atom stereocenters. The first kappa shape index (κ1) is 17.7. The van der Waals surface area contributed by atoms with Gasteiger partial charge in [-0.25, -0.2) is 0 Å². The topological polar surface area (TPSA) is 32.3 Å². The fraction of sp³-hybridized carbons (Fsp3) is 0.286. The molecule has 0 saturated heterocycles. The van der Waals surface area contributed by atoms with Gasteiger partial charge in [0, 0.05) is 24.7 Å². The van der Waals surface area contributed by atoms with E-state index in [0.717, 1.165) is 25.1 Å². The molecule has 2 aromatic rings. The Bertz CT molecular complexity index is 758. The highest BCUT2D eigenvalue weighted by Gasteiger charge is 2.23. The molecular formula is C21H23ClN2O. The summed E-state index contributed by atoms with van der Waals surface area (Å²) in [6.07, 6.45) is 3.20. The van der Waals surface area contributed by atoms with Crippen molar-refractivity contribution in [3.8, 4) is 0 Å². The number of benzene rings is 2. The number of amides is 1. The Hall–Kier alpha value is -2.10. The predicted molar refractivity (Wildman–Crippen MR) is 103 cm³/mol. The highest BCUT2D eigenvalue weighted by Crippen LogP contribution is 2.23. The number of nitrogens with one attached hydrogen (secondary N) is 1. The van der Waals surface area contributed by atoms with Gasteiger partial charge in [0.05, 0.1) is 6.04 Å². The molecule has 1 N–H and O–H groups in total. The SMILES string of the molecule is C[C@@H](C(=O)NCc1ccccc1Cl)N1CC=C(c2ccccc2)CC1. The Balaban J connectivity index is 1.55. The molecule has 4 heteroatoms. The predicted octanol–water partition coefficient (Wildman–Crippen LogP) is 4.13. The van der Waals surface area contributed by atoms with Crippen molar-refractivity contribution < 1.29 is 4.79 Å². The zero-order valence-corrected chi connectivity index (χ0v) is 15.2. The van der Waals surface area contributed by atoms with E-state index in [1.165, 1.54) is 11.1 Å². The Morgan fingerprint density at radius 3 is 2.56 bits per heavy atom. The minimum Gasteiger partial charge on any atom is -0.351 e. The van der Waals surface area contributed by atoms with Crippen molar-refractivity contribution in [1.29, 1.82) is 0 Å². The molecule has 0 aliphatic carbocycles. The molecule has 1 aliphatic rings. The van der Waals surface area contributed by atoms with E-state index in [1.807, 2.05) is 37.3 Å². The van der Waals surface area contributed by atoms with Crippen molar-refractivity contribution in [3.63, 3.8) is 0 Å². The van der Waals surface area contributed by atoms with Crippen LogP contribution in [0, 0.1) is 0 Å². The van der Waals surface area contributed by atoms with Crippen molar-refractivity contribution in [1.82, 2.24) is 10.2 Å². The third kappa shape index (κ3) is 4.50. The first-order valence-corrected chi connectivity index (χ1v) is 9.02. The van der Waals surface area contributed by atoms with Crippen LogP contribution in [-0.2, 0) is 11.3 Å². The molecule has 0 aromatic heterocycles. The lowest BCUT2D eigenvalue weighted by Gasteiger charge is -2.31. The third-order valence-electron chi connectivity index (χ3n) is 4.72. The molecule has 0 radical (unpaired) electrons. The molecule has 0 fully saturated rings. The van der Waals surface area contributed by atoms with Gasteiger partial charge in [-0.1, -0.05) is 66.2 Å². The van der Waals surface area contributed by atoms with Gasteiger partial charge in [-0.15, -0.1) is 0 Å². The van der Waals surface area contributed by atoms with Gasteiger partial charge in [-0.3, -0.25) is 9.69 Å². The smallest absolute Gasteiger partial charge is 0.237 e. The molecule has 1 heterocycles. The average molecular weight is 355 g/mol. The number of halogens is 1. The van der Waals surface area contributed by atoms with Crippen LogP contribution in [0.4, 0.5) is 0 Å². The molecule has 1 aliphatic heterocycles. The minimum atomic E-state index is -0.156. The fourth-order valence-corrected chi connectivity index (χ4v) is 3.29. The molecule has 0 bridgehead atoms. The van der Waals surface area contributed by atoms with Gasteiger partial charge < -0.3 is 5.32 Å². The summed E-state index contributed by atoms with van der Waals surface area (Å²) in [4.78, 5) is 14.7. The summed E-state index contributed by atoms with van der Waals surface area (Å²) < 4.78 is 0. The Kier molecular flexibility index (Phi) is 5.90. The molecule has 3 rings (SSSR count). The molecule has 25 heavy (non-hydrogen) atoms. The summed E-state index contributed by atoms with van der Waals surface area (Å²) in [5, 5.41) is 3.68. The van der Waals surface area contributed by atoms with Gasteiger partial charge in [0.1, 0.15) is 0 Å². The van der Waals surface area contributed by atoms with E-state index in [1.54, 1.807) is 0 Å². The highest BCUT2D eigenvalue weighted by atomic mass is 35.5. The number of hydrogen-bond donors (Lipinski definition) is 1. The number of nitrogens with zero attached hydrogens (tertiary/aromatic N) is 1. The number of carbonyl (C=O) groups excluding carboxylic acids is 1. The second kappa shape index (κ2) is 8.32. The maximum Gasteiger partial charge on any atom is 0.237 e. The van der Waals surface area contributed by atoms with Crippen LogP contribution in [0.15, 0.2) is 60.7 Å². The summed E-state index contributed by atoms with van der Waals surface area (Å²) in [5.74, 6) is 0.0384. The largest absolute Gasteiger partial charge is 0.351 e. The van der Waals surface area contributed by atoms with Gasteiger partial charge in [0.2, 0.25) is 5.91 Å². The van der Waals surface area contributed by atoms with Gasteiger partial charge in [-0.05, 0) is 36.1 Å². The molecule has 0 saturated carbocycles. The van der Waals surface area contributed by atoms with Gasteiger partial charge in [0.15, 0.2) is 0 Å². The molecular weight excluding hydrogens is 332 g/mol. The zero-order valence-electron chi connectivity index (χ0n) is 14.4. The fourth-order valence-electron chi connectivity index (χ4n) is 3.09. The van der Waals surface area contributed by atoms with Crippen LogP contribution in [0.5, 0.6) is 0 Å². The van der Waals surface area contributed by atoms with E-state index >= 15 is 0 Å². The van der Waals surface area contributed by atoms with Crippen molar-refractivity contribution >= 4 is 23.1 Å². The van der Waals surface area contributed by atoms with Gasteiger partial charge in [0.25, 0.3) is 0 Å². The van der Waals surface area contributed by atoms with Crippen LogP contribution in [0.2, 0.25) is 5.02 Å². The molecule has 1 amide bonds. The van der Waals surface area contributed by atoms with E-state index in [9.17, 15) is 4.79 Å². The van der Waals surface area contributed by atoms with E-state index in [2.05, 4.69) is 40.6 Å². The molecule has 0 spiro atoms. The minimum absolute atomic E-state index is 0.0384. The van der Waals surface area contributed by atoms with E-state index < -0.39 is 0 Å². The van der Waals surface area contributed by atoms with Crippen LogP contribution < -0.4 is 5.32 Å². The lowest BCUT2D eigenvalue weighted by molar-refractivity contribution is -0.125. The normalized spacial score (nSPS) is 16.2. The summed E-state index contributed by atoms with van der Waals surface area (Å²) in [6.45, 7) is 4.11. The first-order chi connectivity index (χ1) is 12.1. The number of hydrogen-bond acceptors (Lipinski definition) is 2. The Morgan fingerprint density at radius 1 is 1.16 bits per heavy atom. The van der Waals surface area contributed by atoms with Crippen molar-refractivity contribution in [2.24, 2.45) is 0 Å². The molecule has 3 nitrogen and oxygen atoms in total. The zero-order chi connectivity index (χ0) is 17.6. The van der Waals surface area contributed by atoms with E-state index in [4.69, 9.17) is 11.6 Å². The summed E-state index contributed by atoms with van der Waals surface area (Å²) in [6, 6.07) is 17.9. The van der Waals surface area contributed by atoms with Crippen LogP contribution in [0.3, 0.4) is 0 Å². The Labute approximate surface area is 154 Å². The summed E-state index contributed by atoms with van der Waals surface area (Å²) in [7, 11) is 0. The molecule has 2 aromatic carbocycles. The second-order valence-electron chi connectivity index (χ2n) is 6.33. The molecule has 0 unspecified atom stereocenters. The number of rotatable bonds is 5. The van der Waals surface area contributed by atoms with Crippen LogP contribution in [-0.4, -0.2) is 29.9 Å². The van der Waals surface area contributed by atoms with Crippen LogP contribution in [0.25, 0.3) is 5.57 Å². The van der Waals surface area contributed by atoms with Crippen LogP contribution in [0.1, 0.15) is 24.5 Å². The van der Waals surface area contributed by atoms with Crippen molar-refractivity contribution in [3.05, 3.63) is 76.8 Å². The molecule has 130 valence electrons. The van der Waals surface area contributed by atoms with Crippen LogP contribution >= 0.6 is 11.6 Å². The first-order valence-electron chi connectivity index (χ1n) is 8.65. The van der Waals surface area contributed by atoms with Crippen molar-refractivity contribution in [2.75, 3.05) is 13.1 Å². The maximum atomic E-state index is 12.5. The number of carbonyl (C=O) groups is 1. The van der Waals surface area contributed by atoms with Gasteiger partial charge >= 0.3 is 0 Å². The standard InChI is InChI=1S/C21H23ClN2O/c1-16(21(25)23-15-19-9-5-6-10-20(19)22)24-13-11-18(12-14-24)17-7-3-2-4-8-17/h2-11,16H,12-15H2,1H3,(H,23,25)/t16-/m0/s1. The highest BCUT2D eigenvalue weighted by molar-refractivity contribution is 6.31. The summed E-state index contributed by atoms with van der Waals surface area (Å²) >= 11 is 6.14. The maximum absolute atomic E-state index is 12.5.